The van der Waals surface area contributed by atoms with E-state index >= 15 is 0 Å². The van der Waals surface area contributed by atoms with Crippen LogP contribution in [0.1, 0.15) is 12.8 Å². The monoisotopic (exact) mass is 222 g/mol. The molecule has 0 radical (unpaired) electrons. The number of methoxy groups -OCH3 is 1. The van der Waals surface area contributed by atoms with Crippen molar-refractivity contribution in [3.63, 3.8) is 0 Å². The third-order valence-electron chi connectivity index (χ3n) is 2.73. The molecule has 0 unspecified atom stereocenters. The average molecular weight is 222 g/mol. The Bertz CT molecular complexity index is 341. The van der Waals surface area contributed by atoms with E-state index in [1.165, 1.54) is 12.8 Å². The highest BCUT2D eigenvalue weighted by Gasteiger charge is 2.29. The van der Waals surface area contributed by atoms with Gasteiger partial charge in [0.1, 0.15) is 18.0 Å². The molecule has 0 spiro atoms. The number of anilines is 2. The molecule has 1 aromatic rings. The summed E-state index contributed by atoms with van der Waals surface area (Å²) in [5.41, 5.74) is 0. The molecule has 0 saturated heterocycles. The normalized spacial score (nSPS) is 14.9. The van der Waals surface area contributed by atoms with Crippen LogP contribution in [0.3, 0.4) is 0 Å². The van der Waals surface area contributed by atoms with Gasteiger partial charge in [0.25, 0.3) is 0 Å². The van der Waals surface area contributed by atoms with Gasteiger partial charge < -0.3 is 15.0 Å². The number of hydrogen-bond donors (Lipinski definition) is 1. The Kier molecular flexibility index (Phi) is 3.56. The van der Waals surface area contributed by atoms with Crippen molar-refractivity contribution in [1.29, 1.82) is 0 Å². The van der Waals surface area contributed by atoms with Gasteiger partial charge >= 0.3 is 0 Å². The van der Waals surface area contributed by atoms with Gasteiger partial charge in [-0.3, -0.25) is 0 Å². The van der Waals surface area contributed by atoms with E-state index in [1.54, 1.807) is 13.4 Å². The summed E-state index contributed by atoms with van der Waals surface area (Å²) in [6, 6.07) is 2.61. The molecule has 1 fully saturated rings. The van der Waals surface area contributed by atoms with Crippen LogP contribution < -0.4 is 10.2 Å². The van der Waals surface area contributed by atoms with Crippen LogP contribution in [-0.4, -0.2) is 43.3 Å². The molecule has 5 nitrogen and oxygen atoms in total. The number of rotatable bonds is 6. The van der Waals surface area contributed by atoms with Crippen LogP contribution in [0.5, 0.6) is 0 Å². The number of nitrogens with one attached hydrogen (secondary N) is 1. The molecule has 0 aliphatic heterocycles. The van der Waals surface area contributed by atoms with Crippen molar-refractivity contribution < 1.29 is 4.74 Å². The van der Waals surface area contributed by atoms with Gasteiger partial charge in [-0.05, 0) is 12.8 Å². The summed E-state index contributed by atoms with van der Waals surface area (Å²) in [5, 5.41) is 3.03. The van der Waals surface area contributed by atoms with E-state index in [9.17, 15) is 0 Å². The van der Waals surface area contributed by atoms with E-state index in [-0.39, 0.29) is 0 Å². The fourth-order valence-corrected chi connectivity index (χ4v) is 1.70. The molecule has 1 aliphatic rings. The quantitative estimate of drug-likeness (QED) is 0.782. The predicted octanol–water partition coefficient (Wildman–Crippen LogP) is 1.13. The van der Waals surface area contributed by atoms with Crippen molar-refractivity contribution in [1.82, 2.24) is 9.97 Å². The maximum Gasteiger partial charge on any atom is 0.134 e. The van der Waals surface area contributed by atoms with E-state index in [1.807, 2.05) is 13.1 Å². The Labute approximate surface area is 95.8 Å². The summed E-state index contributed by atoms with van der Waals surface area (Å²) >= 11 is 0. The second-order valence-electron chi connectivity index (χ2n) is 3.93. The number of nitrogens with zero attached hydrogens (tertiary/aromatic N) is 3. The molecule has 1 heterocycles. The van der Waals surface area contributed by atoms with Gasteiger partial charge in [-0.15, -0.1) is 0 Å². The van der Waals surface area contributed by atoms with Crippen molar-refractivity contribution in [2.75, 3.05) is 37.5 Å². The summed E-state index contributed by atoms with van der Waals surface area (Å²) in [6.07, 6.45) is 4.11. The van der Waals surface area contributed by atoms with E-state index in [2.05, 4.69) is 20.2 Å². The molecule has 1 aromatic heterocycles. The third kappa shape index (κ3) is 2.61. The van der Waals surface area contributed by atoms with E-state index < -0.39 is 0 Å². The van der Waals surface area contributed by atoms with Gasteiger partial charge in [0.15, 0.2) is 0 Å². The zero-order valence-corrected chi connectivity index (χ0v) is 9.81. The first-order chi connectivity index (χ1) is 7.85. The van der Waals surface area contributed by atoms with Crippen LogP contribution in [0.4, 0.5) is 11.6 Å². The second-order valence-corrected chi connectivity index (χ2v) is 3.93. The van der Waals surface area contributed by atoms with Crippen LogP contribution in [0.2, 0.25) is 0 Å². The number of hydrogen-bond acceptors (Lipinski definition) is 5. The van der Waals surface area contributed by atoms with E-state index in [0.717, 1.165) is 24.8 Å². The smallest absolute Gasteiger partial charge is 0.134 e. The first-order valence-corrected chi connectivity index (χ1v) is 5.60. The minimum Gasteiger partial charge on any atom is -0.383 e. The largest absolute Gasteiger partial charge is 0.383 e. The third-order valence-corrected chi connectivity index (χ3v) is 2.73. The average Bonchev–Trinajstić information content (AvgIpc) is 3.14. The molecule has 0 atom stereocenters. The second kappa shape index (κ2) is 5.12. The van der Waals surface area contributed by atoms with Crippen molar-refractivity contribution in [3.8, 4) is 0 Å². The van der Waals surface area contributed by atoms with Crippen molar-refractivity contribution >= 4 is 11.6 Å². The summed E-state index contributed by atoms with van der Waals surface area (Å²) in [5.74, 6) is 1.84. The van der Waals surface area contributed by atoms with Crippen LogP contribution >= 0.6 is 0 Å². The SMILES string of the molecule is CNc1cc(N(CCOC)C2CC2)ncn1. The molecule has 5 heteroatoms. The predicted molar refractivity (Wildman–Crippen MR) is 63.8 cm³/mol. The molecule has 1 N–H and O–H groups in total. The molecule has 0 amide bonds. The standard InChI is InChI=1S/C11H18N4O/c1-12-10-7-11(14-8-13-10)15(5-6-16-2)9-3-4-9/h7-9H,3-6H2,1-2H3,(H,12,13,14). The Hall–Kier alpha value is -1.36. The first kappa shape index (κ1) is 11.1. The lowest BCUT2D eigenvalue weighted by Gasteiger charge is -2.23. The highest BCUT2D eigenvalue weighted by atomic mass is 16.5. The lowest BCUT2D eigenvalue weighted by Crippen LogP contribution is -2.30. The zero-order chi connectivity index (χ0) is 11.4. The van der Waals surface area contributed by atoms with Gasteiger partial charge in [-0.2, -0.15) is 0 Å². The summed E-state index contributed by atoms with van der Waals surface area (Å²) < 4.78 is 5.13. The zero-order valence-electron chi connectivity index (χ0n) is 9.81. The van der Waals surface area contributed by atoms with Gasteiger partial charge in [-0.25, -0.2) is 9.97 Å². The van der Waals surface area contributed by atoms with Crippen molar-refractivity contribution in [2.45, 2.75) is 18.9 Å². The van der Waals surface area contributed by atoms with Crippen molar-refractivity contribution in [2.24, 2.45) is 0 Å². The molecule has 1 aliphatic carbocycles. The maximum atomic E-state index is 5.13. The van der Waals surface area contributed by atoms with Crippen molar-refractivity contribution in [3.05, 3.63) is 12.4 Å². The van der Waals surface area contributed by atoms with Gasteiger partial charge in [0, 0.05) is 32.8 Å². The Morgan fingerprint density at radius 2 is 2.31 bits per heavy atom. The maximum absolute atomic E-state index is 5.13. The minimum atomic E-state index is 0.634. The van der Waals surface area contributed by atoms with Crippen LogP contribution in [0, 0.1) is 0 Å². The molecule has 1 saturated carbocycles. The molecule has 0 bridgehead atoms. The highest BCUT2D eigenvalue weighted by molar-refractivity contribution is 5.49. The van der Waals surface area contributed by atoms with Gasteiger partial charge in [-0.1, -0.05) is 0 Å². The van der Waals surface area contributed by atoms with Crippen LogP contribution in [0.25, 0.3) is 0 Å². The Balaban J connectivity index is 2.10. The summed E-state index contributed by atoms with van der Waals surface area (Å²) in [4.78, 5) is 10.7. The Morgan fingerprint density at radius 3 is 2.94 bits per heavy atom. The fourth-order valence-electron chi connectivity index (χ4n) is 1.70. The van der Waals surface area contributed by atoms with Crippen LogP contribution in [-0.2, 0) is 4.74 Å². The van der Waals surface area contributed by atoms with Gasteiger partial charge in [0.05, 0.1) is 6.61 Å². The number of aromatic nitrogens is 2. The van der Waals surface area contributed by atoms with Gasteiger partial charge in [0.2, 0.25) is 0 Å². The highest BCUT2D eigenvalue weighted by Crippen LogP contribution is 2.30. The lowest BCUT2D eigenvalue weighted by molar-refractivity contribution is 0.204. The summed E-state index contributed by atoms with van der Waals surface area (Å²) in [6.45, 7) is 1.62. The summed E-state index contributed by atoms with van der Waals surface area (Å²) in [7, 11) is 3.59. The molecule has 0 aromatic carbocycles. The molecular weight excluding hydrogens is 204 g/mol. The fraction of sp³-hybridized carbons (Fsp3) is 0.636. The minimum absolute atomic E-state index is 0.634. The Morgan fingerprint density at radius 1 is 1.50 bits per heavy atom. The lowest BCUT2D eigenvalue weighted by atomic mass is 10.4. The topological polar surface area (TPSA) is 50.3 Å². The molecule has 2 rings (SSSR count). The van der Waals surface area contributed by atoms with Crippen LogP contribution in [0.15, 0.2) is 12.4 Å². The van der Waals surface area contributed by atoms with E-state index in [4.69, 9.17) is 4.74 Å². The molecular formula is C11H18N4O. The number of ether oxygens (including phenoxy) is 1. The first-order valence-electron chi connectivity index (χ1n) is 5.60. The molecule has 16 heavy (non-hydrogen) atoms. The van der Waals surface area contributed by atoms with E-state index in [0.29, 0.717) is 6.04 Å². The molecule has 88 valence electrons.